The molecule has 0 saturated heterocycles. The number of hydrogen-bond donors (Lipinski definition) is 1. The Morgan fingerprint density at radius 3 is 2.69 bits per heavy atom. The molecule has 4 nitrogen and oxygen atoms in total. The lowest BCUT2D eigenvalue weighted by Crippen LogP contribution is -2.22. The number of hydrogen-bond acceptors (Lipinski definition) is 3. The SMILES string of the molecule is Cc1ccccc1[S@](=O)Cc1ccc(C(=O)NCc2cccc(Cl)c2)o1. The van der Waals surface area contributed by atoms with Crippen LogP contribution in [0.15, 0.2) is 70.0 Å². The van der Waals surface area contributed by atoms with E-state index in [4.69, 9.17) is 16.0 Å². The number of furan rings is 1. The zero-order valence-electron chi connectivity index (χ0n) is 14.2. The van der Waals surface area contributed by atoms with Gasteiger partial charge in [0, 0.05) is 16.5 Å². The molecule has 3 aromatic rings. The lowest BCUT2D eigenvalue weighted by Gasteiger charge is -2.05. The second-order valence-electron chi connectivity index (χ2n) is 5.83. The van der Waals surface area contributed by atoms with Crippen LogP contribution in [-0.2, 0) is 23.1 Å². The van der Waals surface area contributed by atoms with Crippen LogP contribution in [0.2, 0.25) is 5.02 Å². The monoisotopic (exact) mass is 387 g/mol. The van der Waals surface area contributed by atoms with E-state index in [1.807, 2.05) is 43.3 Å². The Morgan fingerprint density at radius 2 is 1.92 bits per heavy atom. The van der Waals surface area contributed by atoms with E-state index in [1.54, 1.807) is 24.3 Å². The molecular weight excluding hydrogens is 370 g/mol. The largest absolute Gasteiger partial charge is 0.455 e. The van der Waals surface area contributed by atoms with Gasteiger partial charge in [-0.05, 0) is 48.4 Å². The van der Waals surface area contributed by atoms with Gasteiger partial charge in [0.05, 0.1) is 16.6 Å². The highest BCUT2D eigenvalue weighted by Crippen LogP contribution is 2.18. The lowest BCUT2D eigenvalue weighted by atomic mass is 10.2. The number of nitrogens with one attached hydrogen (secondary N) is 1. The third-order valence-corrected chi connectivity index (χ3v) is 5.57. The van der Waals surface area contributed by atoms with Gasteiger partial charge in [-0.2, -0.15) is 0 Å². The Labute approximate surface area is 159 Å². The molecule has 0 unspecified atom stereocenters. The summed E-state index contributed by atoms with van der Waals surface area (Å²) in [7, 11) is -1.22. The first-order valence-corrected chi connectivity index (χ1v) is 9.78. The number of aryl methyl sites for hydroxylation is 1. The molecule has 3 rings (SSSR count). The van der Waals surface area contributed by atoms with Crippen LogP contribution >= 0.6 is 11.6 Å². The van der Waals surface area contributed by atoms with Crippen molar-refractivity contribution in [3.8, 4) is 0 Å². The van der Waals surface area contributed by atoms with Gasteiger partial charge >= 0.3 is 0 Å². The molecule has 1 heterocycles. The van der Waals surface area contributed by atoms with Crippen molar-refractivity contribution >= 4 is 28.3 Å². The highest BCUT2D eigenvalue weighted by atomic mass is 35.5. The van der Waals surface area contributed by atoms with E-state index in [0.717, 1.165) is 16.0 Å². The second kappa shape index (κ2) is 8.34. The number of amides is 1. The Balaban J connectivity index is 1.61. The van der Waals surface area contributed by atoms with Crippen molar-refractivity contribution < 1.29 is 13.4 Å². The smallest absolute Gasteiger partial charge is 0.287 e. The van der Waals surface area contributed by atoms with Gasteiger partial charge < -0.3 is 9.73 Å². The van der Waals surface area contributed by atoms with Crippen molar-refractivity contribution in [3.05, 3.63) is 88.3 Å². The minimum atomic E-state index is -1.22. The van der Waals surface area contributed by atoms with Crippen molar-refractivity contribution in [3.63, 3.8) is 0 Å². The third kappa shape index (κ3) is 4.62. The zero-order valence-corrected chi connectivity index (χ0v) is 15.8. The van der Waals surface area contributed by atoms with Gasteiger partial charge in [0.1, 0.15) is 5.76 Å². The maximum atomic E-state index is 12.5. The van der Waals surface area contributed by atoms with Gasteiger partial charge in [0.2, 0.25) is 0 Å². The van der Waals surface area contributed by atoms with Crippen LogP contribution in [0, 0.1) is 6.92 Å². The topological polar surface area (TPSA) is 59.3 Å². The van der Waals surface area contributed by atoms with Crippen LogP contribution in [0.4, 0.5) is 0 Å². The predicted octanol–water partition coefficient (Wildman–Crippen LogP) is 4.48. The number of halogens is 1. The zero-order chi connectivity index (χ0) is 18.5. The lowest BCUT2D eigenvalue weighted by molar-refractivity contribution is 0.0921. The quantitative estimate of drug-likeness (QED) is 0.678. The van der Waals surface area contributed by atoms with E-state index in [-0.39, 0.29) is 17.4 Å². The molecule has 1 N–H and O–H groups in total. The summed E-state index contributed by atoms with van der Waals surface area (Å²) in [6.45, 7) is 2.27. The van der Waals surface area contributed by atoms with Gasteiger partial charge in [0.25, 0.3) is 5.91 Å². The highest BCUT2D eigenvalue weighted by molar-refractivity contribution is 7.84. The van der Waals surface area contributed by atoms with Crippen LogP contribution in [-0.4, -0.2) is 10.1 Å². The van der Waals surface area contributed by atoms with E-state index in [1.165, 1.54) is 0 Å². The van der Waals surface area contributed by atoms with Gasteiger partial charge in [-0.1, -0.05) is 41.9 Å². The third-order valence-electron chi connectivity index (χ3n) is 3.84. The van der Waals surface area contributed by atoms with E-state index in [9.17, 15) is 9.00 Å². The number of carbonyl (C=O) groups is 1. The summed E-state index contributed by atoms with van der Waals surface area (Å²) in [6.07, 6.45) is 0. The Kier molecular flexibility index (Phi) is 5.91. The summed E-state index contributed by atoms with van der Waals surface area (Å²) in [5.74, 6) is 0.619. The number of carbonyl (C=O) groups excluding carboxylic acids is 1. The van der Waals surface area contributed by atoms with Gasteiger partial charge in [0.15, 0.2) is 5.76 Å². The predicted molar refractivity (Wildman–Crippen MR) is 103 cm³/mol. The summed E-state index contributed by atoms with van der Waals surface area (Å²) in [5.41, 5.74) is 1.87. The fraction of sp³-hybridized carbons (Fsp3) is 0.150. The fourth-order valence-corrected chi connectivity index (χ4v) is 3.95. The summed E-state index contributed by atoms with van der Waals surface area (Å²) >= 11 is 5.93. The van der Waals surface area contributed by atoms with Crippen molar-refractivity contribution in [2.45, 2.75) is 24.1 Å². The normalized spacial score (nSPS) is 11.9. The molecule has 0 aliphatic carbocycles. The Bertz CT molecular complexity index is 951. The highest BCUT2D eigenvalue weighted by Gasteiger charge is 2.14. The average molecular weight is 388 g/mol. The minimum absolute atomic E-state index is 0.198. The van der Waals surface area contributed by atoms with Crippen molar-refractivity contribution in [2.75, 3.05) is 0 Å². The average Bonchev–Trinajstić information content (AvgIpc) is 3.08. The summed E-state index contributed by atoms with van der Waals surface area (Å²) in [6, 6.07) is 18.1. The van der Waals surface area contributed by atoms with Gasteiger partial charge in [-0.3, -0.25) is 9.00 Å². The standard InChI is InChI=1S/C20H18ClNO3S/c1-14-5-2-3-8-19(14)26(24)13-17-9-10-18(25-17)20(23)22-12-15-6-4-7-16(21)11-15/h2-11H,12-13H2,1H3,(H,22,23)/t26-/m1/s1. The van der Waals surface area contributed by atoms with E-state index < -0.39 is 10.8 Å². The molecule has 1 aromatic heterocycles. The molecular formula is C20H18ClNO3S. The fourth-order valence-electron chi connectivity index (χ4n) is 2.51. The maximum absolute atomic E-state index is 12.5. The minimum Gasteiger partial charge on any atom is -0.455 e. The van der Waals surface area contributed by atoms with Crippen molar-refractivity contribution in [1.82, 2.24) is 5.32 Å². The van der Waals surface area contributed by atoms with Crippen LogP contribution in [0.5, 0.6) is 0 Å². The Morgan fingerprint density at radius 1 is 1.12 bits per heavy atom. The molecule has 0 aliphatic rings. The molecule has 6 heteroatoms. The Hall–Kier alpha value is -2.37. The van der Waals surface area contributed by atoms with Crippen LogP contribution in [0.3, 0.4) is 0 Å². The summed E-state index contributed by atoms with van der Waals surface area (Å²) in [4.78, 5) is 13.0. The second-order valence-corrected chi connectivity index (χ2v) is 7.69. The molecule has 0 saturated carbocycles. The van der Waals surface area contributed by atoms with Gasteiger partial charge in [-0.15, -0.1) is 0 Å². The van der Waals surface area contributed by atoms with E-state index in [0.29, 0.717) is 17.3 Å². The molecule has 1 atom stereocenters. The first-order chi connectivity index (χ1) is 12.5. The maximum Gasteiger partial charge on any atom is 0.287 e. The molecule has 0 aliphatic heterocycles. The molecule has 0 radical (unpaired) electrons. The van der Waals surface area contributed by atoms with Crippen LogP contribution < -0.4 is 5.32 Å². The molecule has 2 aromatic carbocycles. The number of rotatable bonds is 6. The van der Waals surface area contributed by atoms with Gasteiger partial charge in [-0.25, -0.2) is 0 Å². The molecule has 134 valence electrons. The first kappa shape index (κ1) is 18.4. The van der Waals surface area contributed by atoms with Crippen LogP contribution in [0.25, 0.3) is 0 Å². The number of benzene rings is 2. The van der Waals surface area contributed by atoms with Crippen molar-refractivity contribution in [1.29, 1.82) is 0 Å². The summed E-state index contributed by atoms with van der Waals surface area (Å²) in [5, 5.41) is 3.40. The molecule has 0 bridgehead atoms. The van der Waals surface area contributed by atoms with Crippen LogP contribution in [0.1, 0.15) is 27.4 Å². The molecule has 26 heavy (non-hydrogen) atoms. The van der Waals surface area contributed by atoms with E-state index in [2.05, 4.69) is 5.32 Å². The first-order valence-electron chi connectivity index (χ1n) is 8.08. The summed E-state index contributed by atoms with van der Waals surface area (Å²) < 4.78 is 18.1. The molecule has 1 amide bonds. The molecule has 0 fully saturated rings. The molecule has 0 spiro atoms. The van der Waals surface area contributed by atoms with E-state index >= 15 is 0 Å². The van der Waals surface area contributed by atoms with Crippen molar-refractivity contribution in [2.24, 2.45) is 0 Å².